The number of amides is 1. The van der Waals surface area contributed by atoms with Crippen LogP contribution in [0.2, 0.25) is 0 Å². The van der Waals surface area contributed by atoms with E-state index in [4.69, 9.17) is 4.74 Å². The number of aromatic nitrogens is 2. The summed E-state index contributed by atoms with van der Waals surface area (Å²) in [4.78, 5) is 27.2. The Morgan fingerprint density at radius 3 is 2.57 bits per heavy atom. The highest BCUT2D eigenvalue weighted by Gasteiger charge is 2.22. The Morgan fingerprint density at radius 2 is 2.00 bits per heavy atom. The topological polar surface area (TPSA) is 93.5 Å². The molecule has 1 heterocycles. The van der Waals surface area contributed by atoms with Gasteiger partial charge < -0.3 is 19.7 Å². The molecule has 1 unspecified atom stereocenters. The fourth-order valence-corrected chi connectivity index (χ4v) is 2.65. The number of aliphatic carboxylic acids is 1. The maximum atomic E-state index is 11.8. The maximum Gasteiger partial charge on any atom is 0.408 e. The van der Waals surface area contributed by atoms with Crippen molar-refractivity contribution in [2.75, 3.05) is 0 Å². The van der Waals surface area contributed by atoms with Crippen LogP contribution in [0.3, 0.4) is 0 Å². The number of rotatable bonds is 6. The van der Waals surface area contributed by atoms with E-state index in [0.29, 0.717) is 0 Å². The third-order valence-electron chi connectivity index (χ3n) is 2.92. The number of carbonyl (C=O) groups excluding carboxylic acids is 1. The number of carboxylic acids is 1. The van der Waals surface area contributed by atoms with E-state index in [1.54, 1.807) is 4.57 Å². The van der Waals surface area contributed by atoms with Crippen LogP contribution in [-0.4, -0.2) is 32.8 Å². The lowest BCUT2D eigenvalue weighted by Gasteiger charge is -2.15. The van der Waals surface area contributed by atoms with E-state index in [1.807, 2.05) is 30.3 Å². The number of hydrogen-bond donors (Lipinski definition) is 2. The van der Waals surface area contributed by atoms with Crippen LogP contribution in [0.1, 0.15) is 5.56 Å². The van der Waals surface area contributed by atoms with Gasteiger partial charge in [0, 0.05) is 0 Å². The number of ether oxygens (including phenoxy) is 1. The number of benzene rings is 1. The van der Waals surface area contributed by atoms with Crippen molar-refractivity contribution in [2.24, 2.45) is 0 Å². The van der Waals surface area contributed by atoms with E-state index < -0.39 is 18.1 Å². The van der Waals surface area contributed by atoms with E-state index in [0.717, 1.165) is 13.0 Å². The number of hydrogen-bond acceptors (Lipinski definition) is 4. The van der Waals surface area contributed by atoms with Crippen LogP contribution in [0.5, 0.6) is 0 Å². The first-order valence-electron chi connectivity index (χ1n) is 6.53. The van der Waals surface area contributed by atoms with Crippen molar-refractivity contribution < 1.29 is 19.4 Å². The smallest absolute Gasteiger partial charge is 0.408 e. The molecule has 0 bridgehead atoms. The summed E-state index contributed by atoms with van der Waals surface area (Å²) in [6, 6.07) is 8.06. The van der Waals surface area contributed by atoms with Crippen LogP contribution in [-0.2, 0) is 22.7 Å². The lowest BCUT2D eigenvalue weighted by molar-refractivity contribution is -0.139. The fraction of sp³-hybridized carbons (Fsp3) is 0.214. The molecule has 0 aliphatic rings. The largest absolute Gasteiger partial charge is 0.480 e. The molecule has 2 N–H and O–H groups in total. The van der Waals surface area contributed by atoms with Gasteiger partial charge >= 0.3 is 12.1 Å². The van der Waals surface area contributed by atoms with Gasteiger partial charge in [0.2, 0.25) is 0 Å². The van der Waals surface area contributed by atoms with Crippen LogP contribution >= 0.6 is 45.2 Å². The van der Waals surface area contributed by atoms with Gasteiger partial charge in [0.15, 0.2) is 0 Å². The standard InChI is InChI=1S/C14H13I2N3O4/c15-11-12(16)19(8-17-11)6-10(13(20)21)18-14(22)23-7-9-4-2-1-3-5-9/h1-5,8,10H,6-7H2,(H,18,22)(H,20,21). The minimum Gasteiger partial charge on any atom is -0.480 e. The average molecular weight is 541 g/mol. The molecule has 1 amide bonds. The zero-order chi connectivity index (χ0) is 16.8. The van der Waals surface area contributed by atoms with Gasteiger partial charge in [0.25, 0.3) is 0 Å². The lowest BCUT2D eigenvalue weighted by atomic mass is 10.2. The van der Waals surface area contributed by atoms with E-state index in [2.05, 4.69) is 55.5 Å². The first-order valence-corrected chi connectivity index (χ1v) is 8.69. The van der Waals surface area contributed by atoms with Crippen molar-refractivity contribution in [3.8, 4) is 0 Å². The summed E-state index contributed by atoms with van der Waals surface area (Å²) in [5, 5.41) is 11.6. The summed E-state index contributed by atoms with van der Waals surface area (Å²) in [5.74, 6) is -1.14. The van der Waals surface area contributed by atoms with Gasteiger partial charge in [-0.15, -0.1) is 0 Å². The molecule has 2 rings (SSSR count). The van der Waals surface area contributed by atoms with Crippen LogP contribution in [0, 0.1) is 7.40 Å². The molecule has 0 saturated carbocycles. The minimum atomic E-state index is -1.14. The molecule has 7 nitrogen and oxygen atoms in total. The van der Waals surface area contributed by atoms with Crippen LogP contribution in [0.25, 0.3) is 0 Å². The number of imidazole rings is 1. The van der Waals surface area contributed by atoms with E-state index in [9.17, 15) is 14.7 Å². The Hall–Kier alpha value is -1.37. The molecular weight excluding hydrogens is 528 g/mol. The molecular formula is C14H13I2N3O4. The quantitative estimate of drug-likeness (QED) is 0.549. The summed E-state index contributed by atoms with van der Waals surface area (Å²) < 4.78 is 8.30. The second-order valence-electron chi connectivity index (χ2n) is 4.58. The van der Waals surface area contributed by atoms with Gasteiger partial charge in [0.05, 0.1) is 12.9 Å². The average Bonchev–Trinajstić information content (AvgIpc) is 2.85. The summed E-state index contributed by atoms with van der Waals surface area (Å²) >= 11 is 4.13. The van der Waals surface area contributed by atoms with Crippen molar-refractivity contribution in [3.63, 3.8) is 0 Å². The lowest BCUT2D eigenvalue weighted by Crippen LogP contribution is -2.44. The van der Waals surface area contributed by atoms with Gasteiger partial charge in [-0.05, 0) is 50.7 Å². The molecule has 9 heteroatoms. The monoisotopic (exact) mass is 541 g/mol. The summed E-state index contributed by atoms with van der Waals surface area (Å²) in [7, 11) is 0. The minimum absolute atomic E-state index is 0.0735. The number of carbonyl (C=O) groups is 2. The summed E-state index contributed by atoms with van der Waals surface area (Å²) in [6.07, 6.45) is 0.766. The van der Waals surface area contributed by atoms with Gasteiger partial charge in [0.1, 0.15) is 20.1 Å². The Kier molecular flexibility index (Phi) is 6.62. The third-order valence-corrected chi connectivity index (χ3v) is 5.87. The fourth-order valence-electron chi connectivity index (χ4n) is 1.76. The van der Waals surface area contributed by atoms with E-state index in [1.165, 1.54) is 6.33 Å². The molecule has 1 aromatic carbocycles. The normalized spacial score (nSPS) is 11.7. The number of alkyl carbamates (subject to hydrolysis) is 1. The molecule has 0 aliphatic carbocycles. The predicted molar refractivity (Wildman–Crippen MR) is 98.8 cm³/mol. The van der Waals surface area contributed by atoms with Gasteiger partial charge in [-0.3, -0.25) is 0 Å². The third kappa shape index (κ3) is 5.34. The molecule has 0 saturated heterocycles. The van der Waals surface area contributed by atoms with Crippen molar-refractivity contribution >= 4 is 57.2 Å². The van der Waals surface area contributed by atoms with Crippen molar-refractivity contribution in [1.29, 1.82) is 0 Å². The SMILES string of the molecule is O=C(NC(Cn1cnc(I)c1I)C(=O)O)OCc1ccccc1. The van der Waals surface area contributed by atoms with E-state index in [-0.39, 0.29) is 13.2 Å². The molecule has 0 radical (unpaired) electrons. The Labute approximate surface area is 159 Å². The van der Waals surface area contributed by atoms with Crippen molar-refractivity contribution in [1.82, 2.24) is 14.9 Å². The molecule has 0 fully saturated rings. The Morgan fingerprint density at radius 1 is 1.30 bits per heavy atom. The van der Waals surface area contributed by atoms with Crippen LogP contribution < -0.4 is 5.32 Å². The number of nitrogens with one attached hydrogen (secondary N) is 1. The maximum absolute atomic E-state index is 11.8. The molecule has 2 aromatic rings. The summed E-state index contributed by atoms with van der Waals surface area (Å²) in [6.45, 7) is 0.156. The van der Waals surface area contributed by atoms with Gasteiger partial charge in [-0.2, -0.15) is 0 Å². The first kappa shape index (κ1) is 18.0. The zero-order valence-electron chi connectivity index (χ0n) is 11.8. The number of nitrogens with zero attached hydrogens (tertiary/aromatic N) is 2. The van der Waals surface area contributed by atoms with Crippen LogP contribution in [0.4, 0.5) is 4.79 Å². The van der Waals surface area contributed by atoms with E-state index >= 15 is 0 Å². The molecule has 1 atom stereocenters. The van der Waals surface area contributed by atoms with Gasteiger partial charge in [-0.25, -0.2) is 14.6 Å². The Balaban J connectivity index is 1.92. The Bertz CT molecular complexity index is 691. The van der Waals surface area contributed by atoms with Gasteiger partial charge in [-0.1, -0.05) is 30.3 Å². The number of halogens is 2. The molecule has 122 valence electrons. The highest BCUT2D eigenvalue weighted by molar-refractivity contribution is 14.1. The highest BCUT2D eigenvalue weighted by atomic mass is 127. The molecule has 0 spiro atoms. The molecule has 0 aliphatic heterocycles. The molecule has 1 aromatic heterocycles. The second-order valence-corrected chi connectivity index (χ2v) is 6.62. The summed E-state index contributed by atoms with van der Waals surface area (Å²) in [5.41, 5.74) is 0.827. The van der Waals surface area contributed by atoms with Crippen LogP contribution in [0.15, 0.2) is 36.7 Å². The van der Waals surface area contributed by atoms with Crippen molar-refractivity contribution in [3.05, 3.63) is 49.6 Å². The highest BCUT2D eigenvalue weighted by Crippen LogP contribution is 2.13. The number of carboxylic acid groups (broad SMARTS) is 1. The predicted octanol–water partition coefficient (Wildman–Crippen LogP) is 2.47. The van der Waals surface area contributed by atoms with Crippen molar-refractivity contribution in [2.45, 2.75) is 19.2 Å². The molecule has 23 heavy (non-hydrogen) atoms. The first-order chi connectivity index (χ1) is 11.0. The zero-order valence-corrected chi connectivity index (χ0v) is 16.1. The second kappa shape index (κ2) is 8.47.